The maximum absolute atomic E-state index is 12.2. The summed E-state index contributed by atoms with van der Waals surface area (Å²) in [4.78, 5) is 23.9. The number of nitrogens with one attached hydrogen (secondary N) is 1. The van der Waals surface area contributed by atoms with Gasteiger partial charge >= 0.3 is 0 Å². The van der Waals surface area contributed by atoms with E-state index < -0.39 is 6.10 Å². The van der Waals surface area contributed by atoms with Gasteiger partial charge in [-0.1, -0.05) is 55.7 Å². The predicted molar refractivity (Wildman–Crippen MR) is 117 cm³/mol. The monoisotopic (exact) mass is 411 g/mol. The molecule has 3 rings (SSSR count). The number of carbonyl (C=O) groups excluding carboxylic acids is 2. The first-order valence-electron chi connectivity index (χ1n) is 11.2. The summed E-state index contributed by atoms with van der Waals surface area (Å²) in [6.45, 7) is 0.181. The molecular formula is C25H33NO4. The molecule has 0 saturated heterocycles. The van der Waals surface area contributed by atoms with Crippen molar-refractivity contribution in [1.29, 1.82) is 0 Å². The molecule has 1 aromatic rings. The zero-order chi connectivity index (χ0) is 21.2. The molecule has 0 aliphatic heterocycles. The molecule has 0 unspecified atom stereocenters. The minimum atomic E-state index is -0.718. The Morgan fingerprint density at radius 2 is 1.93 bits per heavy atom. The van der Waals surface area contributed by atoms with E-state index in [1.807, 2.05) is 42.5 Å². The Morgan fingerprint density at radius 3 is 2.70 bits per heavy atom. The molecule has 162 valence electrons. The van der Waals surface area contributed by atoms with Crippen molar-refractivity contribution < 1.29 is 19.4 Å². The molecule has 5 nitrogen and oxygen atoms in total. The number of ether oxygens (including phenoxy) is 1. The Morgan fingerprint density at radius 1 is 1.17 bits per heavy atom. The van der Waals surface area contributed by atoms with E-state index in [2.05, 4.69) is 5.32 Å². The molecule has 1 amide bonds. The Labute approximate surface area is 179 Å². The second-order valence-corrected chi connectivity index (χ2v) is 8.27. The van der Waals surface area contributed by atoms with Gasteiger partial charge < -0.3 is 15.2 Å². The van der Waals surface area contributed by atoms with E-state index in [0.29, 0.717) is 18.9 Å². The third-order valence-corrected chi connectivity index (χ3v) is 5.59. The minimum Gasteiger partial charge on any atom is -0.491 e. The quantitative estimate of drug-likeness (QED) is 0.479. The first-order valence-corrected chi connectivity index (χ1v) is 11.2. The number of allylic oxidation sites excluding steroid dienone is 3. The van der Waals surface area contributed by atoms with Gasteiger partial charge in [-0.15, -0.1) is 0 Å². The molecule has 0 spiro atoms. The molecule has 0 aromatic heterocycles. The number of carbonyl (C=O) groups is 2. The van der Waals surface area contributed by atoms with Crippen LogP contribution < -0.4 is 10.1 Å². The third kappa shape index (κ3) is 7.79. The number of hydrogen-bond donors (Lipinski definition) is 2. The van der Waals surface area contributed by atoms with Crippen LogP contribution in [0.3, 0.4) is 0 Å². The van der Waals surface area contributed by atoms with Gasteiger partial charge in [-0.3, -0.25) is 9.59 Å². The smallest absolute Gasteiger partial charge is 0.220 e. The van der Waals surface area contributed by atoms with Crippen LogP contribution in [-0.2, 0) is 9.59 Å². The highest BCUT2D eigenvalue weighted by Gasteiger charge is 2.25. The predicted octanol–water partition coefficient (Wildman–Crippen LogP) is 4.12. The number of unbranched alkanes of at least 4 members (excludes halogenated alkanes) is 3. The highest BCUT2D eigenvalue weighted by atomic mass is 16.5. The summed E-state index contributed by atoms with van der Waals surface area (Å²) in [5, 5.41) is 13.2. The van der Waals surface area contributed by atoms with Crippen molar-refractivity contribution in [2.24, 2.45) is 5.92 Å². The molecule has 0 heterocycles. The number of ketones is 1. The number of hydrogen-bond acceptors (Lipinski definition) is 4. The van der Waals surface area contributed by atoms with E-state index in [-0.39, 0.29) is 24.2 Å². The zero-order valence-electron chi connectivity index (χ0n) is 17.6. The van der Waals surface area contributed by atoms with Gasteiger partial charge in [0.2, 0.25) is 5.91 Å². The molecule has 2 N–H and O–H groups in total. The number of rotatable bonds is 13. The summed E-state index contributed by atoms with van der Waals surface area (Å²) >= 11 is 0. The summed E-state index contributed by atoms with van der Waals surface area (Å²) < 4.78 is 5.56. The van der Waals surface area contributed by atoms with Crippen molar-refractivity contribution in [3.8, 4) is 5.75 Å². The van der Waals surface area contributed by atoms with Crippen molar-refractivity contribution >= 4 is 11.7 Å². The molecule has 2 atom stereocenters. The average molecular weight is 412 g/mol. The fourth-order valence-electron chi connectivity index (χ4n) is 3.69. The third-order valence-electron chi connectivity index (χ3n) is 5.59. The second kappa shape index (κ2) is 11.7. The van der Waals surface area contributed by atoms with Crippen LogP contribution in [0.15, 0.2) is 54.1 Å². The Bertz CT molecular complexity index is 752. The number of aliphatic hydroxyl groups excluding tert-OH is 1. The highest BCUT2D eigenvalue weighted by Crippen LogP contribution is 2.29. The van der Waals surface area contributed by atoms with Gasteiger partial charge in [-0.25, -0.2) is 0 Å². The highest BCUT2D eigenvalue weighted by molar-refractivity contribution is 5.89. The van der Waals surface area contributed by atoms with Gasteiger partial charge in [-0.05, 0) is 43.4 Å². The lowest BCUT2D eigenvalue weighted by Gasteiger charge is -2.12. The lowest BCUT2D eigenvalue weighted by molar-refractivity contribution is -0.121. The summed E-state index contributed by atoms with van der Waals surface area (Å²) in [6.07, 6.45) is 12.9. The largest absolute Gasteiger partial charge is 0.491 e. The van der Waals surface area contributed by atoms with Crippen molar-refractivity contribution in [1.82, 2.24) is 5.32 Å². The molecule has 0 radical (unpaired) electrons. The average Bonchev–Trinajstić information content (AvgIpc) is 3.50. The molecule has 1 aromatic carbocycles. The van der Waals surface area contributed by atoms with E-state index in [9.17, 15) is 14.7 Å². The molecule has 1 saturated carbocycles. The van der Waals surface area contributed by atoms with Crippen LogP contribution in [-0.4, -0.2) is 35.5 Å². The van der Waals surface area contributed by atoms with Crippen molar-refractivity contribution in [3.05, 3.63) is 54.1 Å². The van der Waals surface area contributed by atoms with Crippen molar-refractivity contribution in [2.45, 2.75) is 69.9 Å². The maximum Gasteiger partial charge on any atom is 0.220 e. The van der Waals surface area contributed by atoms with Gasteiger partial charge in [0.25, 0.3) is 0 Å². The molecule has 30 heavy (non-hydrogen) atoms. The van der Waals surface area contributed by atoms with E-state index >= 15 is 0 Å². The van der Waals surface area contributed by atoms with Crippen LogP contribution in [0.2, 0.25) is 0 Å². The first-order chi connectivity index (χ1) is 14.6. The fourth-order valence-corrected chi connectivity index (χ4v) is 3.69. The van der Waals surface area contributed by atoms with Gasteiger partial charge in [0, 0.05) is 24.8 Å². The van der Waals surface area contributed by atoms with E-state index in [4.69, 9.17) is 4.74 Å². The van der Waals surface area contributed by atoms with Gasteiger partial charge in [-0.2, -0.15) is 0 Å². The lowest BCUT2D eigenvalue weighted by Crippen LogP contribution is -2.24. The topological polar surface area (TPSA) is 75.6 Å². The number of benzene rings is 1. The number of para-hydroxylation sites is 1. The number of amides is 1. The summed E-state index contributed by atoms with van der Waals surface area (Å²) in [6, 6.07) is 9.83. The van der Waals surface area contributed by atoms with E-state index in [1.54, 1.807) is 6.08 Å². The van der Waals surface area contributed by atoms with Crippen LogP contribution in [0.25, 0.3) is 0 Å². The number of Topliss-reactive ketones (excluding diaryl/α,β-unsaturated/α-hetero) is 1. The lowest BCUT2D eigenvalue weighted by atomic mass is 9.93. The normalized spacial score (nSPS) is 19.7. The molecule has 2 aliphatic carbocycles. The SMILES string of the molecule is O=C(CCCCCC[C@H]1C(=O)CC=C1/C=C/[C@@H](O)COc1ccccc1)NC1CC1. The standard InChI is InChI=1S/C25H33NO4/c27-21(18-30-22-8-4-3-5-9-22)16-12-19-13-17-24(28)23(19)10-6-1-2-7-11-25(29)26-20-14-15-20/h3-5,8-9,12-13,16,20-21,23,27H,1-2,6-7,10-11,14-15,17-18H2,(H,26,29)/b16-12+/t21-,23-/m1/s1. The molecule has 1 fully saturated rings. The van der Waals surface area contributed by atoms with Gasteiger partial charge in [0.15, 0.2) is 0 Å². The van der Waals surface area contributed by atoms with E-state index in [1.165, 1.54) is 0 Å². The Hall–Kier alpha value is -2.40. The first kappa shape index (κ1) is 22.3. The second-order valence-electron chi connectivity index (χ2n) is 8.27. The van der Waals surface area contributed by atoms with Crippen LogP contribution in [0.5, 0.6) is 5.75 Å². The van der Waals surface area contributed by atoms with Crippen molar-refractivity contribution in [2.75, 3.05) is 6.61 Å². The summed E-state index contributed by atoms with van der Waals surface area (Å²) in [5.41, 5.74) is 1.00. The number of aliphatic hydroxyl groups is 1. The van der Waals surface area contributed by atoms with Crippen molar-refractivity contribution in [3.63, 3.8) is 0 Å². The summed E-state index contributed by atoms with van der Waals surface area (Å²) in [5.74, 6) is 1.09. The van der Waals surface area contributed by atoms with Crippen LogP contribution >= 0.6 is 0 Å². The van der Waals surface area contributed by atoms with Crippen LogP contribution in [0.4, 0.5) is 0 Å². The van der Waals surface area contributed by atoms with Crippen LogP contribution in [0, 0.1) is 5.92 Å². The van der Waals surface area contributed by atoms with Gasteiger partial charge in [0.05, 0.1) is 0 Å². The molecule has 5 heteroatoms. The molecule has 2 aliphatic rings. The molecular weight excluding hydrogens is 378 g/mol. The summed E-state index contributed by atoms with van der Waals surface area (Å²) in [7, 11) is 0. The van der Waals surface area contributed by atoms with E-state index in [0.717, 1.165) is 56.3 Å². The Balaban J connectivity index is 1.32. The van der Waals surface area contributed by atoms with Crippen LogP contribution in [0.1, 0.15) is 57.8 Å². The fraction of sp³-hybridized carbons (Fsp3) is 0.520. The minimum absolute atomic E-state index is 0.0679. The zero-order valence-corrected chi connectivity index (χ0v) is 17.6. The molecule has 0 bridgehead atoms. The van der Waals surface area contributed by atoms with Gasteiger partial charge in [0.1, 0.15) is 24.2 Å². The maximum atomic E-state index is 12.2. The Kier molecular flexibility index (Phi) is 8.69.